The van der Waals surface area contributed by atoms with Crippen LogP contribution in [-0.2, 0) is 19.1 Å². The number of carbonyl (C=O) groups excluding carboxylic acids is 3. The van der Waals surface area contributed by atoms with Crippen LogP contribution in [0.2, 0.25) is 0 Å². The standard InChI is InChI=1S/C25H36O6/c1-4-5-21(29)31-14-20(28)25(30)11-9-18-17-7-6-15-12-16(26)8-10-23(15,2)22(17)19(27)13-24(18,25)3/h12,17-19,22,27,30H,4-11,13-14H2,1-3H3/t17?,18?,19-,22?,23+,24+,25+/m1/s1. The summed E-state index contributed by atoms with van der Waals surface area (Å²) >= 11 is 0. The molecule has 3 unspecified atom stereocenters. The molecule has 4 aliphatic carbocycles. The SMILES string of the molecule is CCCC(=O)OCC(=O)[C@@]1(O)CCC2C3CCC4=CC(=O)CC[C@]4(C)C3[C@H](O)C[C@@]21C. The molecule has 0 aromatic carbocycles. The number of ketones is 2. The molecule has 7 atom stereocenters. The molecule has 0 aromatic heterocycles. The Morgan fingerprint density at radius 2 is 1.94 bits per heavy atom. The summed E-state index contributed by atoms with van der Waals surface area (Å²) in [5.74, 6) is -0.323. The molecule has 0 bridgehead atoms. The van der Waals surface area contributed by atoms with Gasteiger partial charge >= 0.3 is 5.97 Å². The van der Waals surface area contributed by atoms with Crippen molar-refractivity contribution in [3.05, 3.63) is 11.6 Å². The molecule has 172 valence electrons. The highest BCUT2D eigenvalue weighted by Crippen LogP contribution is 2.67. The largest absolute Gasteiger partial charge is 0.458 e. The van der Waals surface area contributed by atoms with E-state index in [1.54, 1.807) is 6.08 Å². The summed E-state index contributed by atoms with van der Waals surface area (Å²) in [5.41, 5.74) is -1.36. The van der Waals surface area contributed by atoms with E-state index in [1.807, 2.05) is 13.8 Å². The van der Waals surface area contributed by atoms with Gasteiger partial charge in [-0.05, 0) is 74.2 Å². The molecule has 0 spiro atoms. The minimum atomic E-state index is -1.59. The van der Waals surface area contributed by atoms with Crippen LogP contribution in [0.5, 0.6) is 0 Å². The lowest BCUT2D eigenvalue weighted by molar-refractivity contribution is -0.184. The Bertz CT molecular complexity index is 817. The highest BCUT2D eigenvalue weighted by molar-refractivity contribution is 5.92. The van der Waals surface area contributed by atoms with E-state index in [9.17, 15) is 24.6 Å². The predicted octanol–water partition coefficient (Wildman–Crippen LogP) is 3.13. The van der Waals surface area contributed by atoms with Gasteiger partial charge in [0.1, 0.15) is 5.60 Å². The summed E-state index contributed by atoms with van der Waals surface area (Å²) in [6.07, 6.45) is 6.46. The molecule has 3 saturated carbocycles. The quantitative estimate of drug-likeness (QED) is 0.648. The molecule has 2 N–H and O–H groups in total. The molecule has 6 heteroatoms. The number of hydrogen-bond donors (Lipinski definition) is 2. The van der Waals surface area contributed by atoms with Gasteiger partial charge in [-0.25, -0.2) is 0 Å². The highest BCUT2D eigenvalue weighted by Gasteiger charge is 2.68. The van der Waals surface area contributed by atoms with E-state index in [-0.39, 0.29) is 35.4 Å². The topological polar surface area (TPSA) is 101 Å². The molecular weight excluding hydrogens is 396 g/mol. The molecule has 3 fully saturated rings. The van der Waals surface area contributed by atoms with Gasteiger partial charge in [0.2, 0.25) is 5.78 Å². The van der Waals surface area contributed by atoms with Crippen molar-refractivity contribution in [2.24, 2.45) is 28.6 Å². The van der Waals surface area contributed by atoms with Crippen molar-refractivity contribution >= 4 is 17.5 Å². The molecule has 4 aliphatic rings. The van der Waals surface area contributed by atoms with Crippen molar-refractivity contribution in [1.82, 2.24) is 0 Å². The van der Waals surface area contributed by atoms with Crippen LogP contribution in [0.1, 0.15) is 78.6 Å². The van der Waals surface area contributed by atoms with Crippen LogP contribution < -0.4 is 0 Å². The number of rotatable bonds is 5. The summed E-state index contributed by atoms with van der Waals surface area (Å²) in [4.78, 5) is 36.8. The molecule has 0 aliphatic heterocycles. The molecule has 31 heavy (non-hydrogen) atoms. The fraction of sp³-hybridized carbons (Fsp3) is 0.800. The van der Waals surface area contributed by atoms with E-state index in [0.29, 0.717) is 25.7 Å². The Morgan fingerprint density at radius 3 is 2.65 bits per heavy atom. The van der Waals surface area contributed by atoms with Gasteiger partial charge in [0.15, 0.2) is 12.4 Å². The maximum Gasteiger partial charge on any atom is 0.306 e. The number of hydrogen-bond acceptors (Lipinski definition) is 6. The van der Waals surface area contributed by atoms with Crippen LogP contribution in [0.4, 0.5) is 0 Å². The average molecular weight is 433 g/mol. The lowest BCUT2D eigenvalue weighted by Crippen LogP contribution is -2.62. The number of esters is 1. The Balaban J connectivity index is 1.59. The zero-order chi connectivity index (χ0) is 22.6. The van der Waals surface area contributed by atoms with Crippen molar-refractivity contribution < 1.29 is 29.3 Å². The first kappa shape index (κ1) is 22.7. The molecule has 6 nitrogen and oxygen atoms in total. The van der Waals surface area contributed by atoms with E-state index in [1.165, 1.54) is 5.57 Å². The third kappa shape index (κ3) is 3.32. The fourth-order valence-electron chi connectivity index (χ4n) is 7.69. The van der Waals surface area contributed by atoms with Crippen LogP contribution in [0, 0.1) is 28.6 Å². The summed E-state index contributed by atoms with van der Waals surface area (Å²) in [7, 11) is 0. The molecule has 0 radical (unpaired) electrons. The molecular formula is C25H36O6. The number of ether oxygens (including phenoxy) is 1. The van der Waals surface area contributed by atoms with Crippen LogP contribution in [0.25, 0.3) is 0 Å². The number of carbonyl (C=O) groups is 3. The Labute approximate surface area is 184 Å². The van der Waals surface area contributed by atoms with E-state index >= 15 is 0 Å². The van der Waals surface area contributed by atoms with Crippen molar-refractivity contribution in [1.29, 1.82) is 0 Å². The minimum Gasteiger partial charge on any atom is -0.458 e. The van der Waals surface area contributed by atoms with Crippen LogP contribution in [0.15, 0.2) is 11.6 Å². The molecule has 0 heterocycles. The zero-order valence-electron chi connectivity index (χ0n) is 19.0. The lowest BCUT2D eigenvalue weighted by Gasteiger charge is -2.60. The maximum absolute atomic E-state index is 13.1. The second kappa shape index (κ2) is 7.80. The van der Waals surface area contributed by atoms with Gasteiger partial charge in [0.05, 0.1) is 6.10 Å². The first-order chi connectivity index (χ1) is 14.6. The van der Waals surface area contributed by atoms with E-state index < -0.39 is 35.5 Å². The van der Waals surface area contributed by atoms with Gasteiger partial charge in [-0.3, -0.25) is 14.4 Å². The first-order valence-corrected chi connectivity index (χ1v) is 11.9. The Morgan fingerprint density at radius 1 is 1.19 bits per heavy atom. The van der Waals surface area contributed by atoms with Gasteiger partial charge in [0.25, 0.3) is 0 Å². The molecule has 0 amide bonds. The van der Waals surface area contributed by atoms with Gasteiger partial charge < -0.3 is 14.9 Å². The predicted molar refractivity (Wildman–Crippen MR) is 114 cm³/mol. The van der Waals surface area contributed by atoms with Crippen molar-refractivity contribution in [2.45, 2.75) is 90.3 Å². The number of Topliss-reactive ketones (excluding diaryl/α,β-unsaturated/α-hetero) is 1. The summed E-state index contributed by atoms with van der Waals surface area (Å²) in [5, 5.41) is 23.0. The highest BCUT2D eigenvalue weighted by atomic mass is 16.5. The number of allylic oxidation sites excluding steroid dienone is 1. The lowest BCUT2D eigenvalue weighted by atomic mass is 9.45. The first-order valence-electron chi connectivity index (χ1n) is 11.9. The minimum absolute atomic E-state index is 0.0403. The van der Waals surface area contributed by atoms with Crippen molar-refractivity contribution in [2.75, 3.05) is 6.61 Å². The van der Waals surface area contributed by atoms with E-state index in [2.05, 4.69) is 6.92 Å². The maximum atomic E-state index is 13.1. The molecule has 0 saturated heterocycles. The number of aliphatic hydroxyl groups is 2. The van der Waals surface area contributed by atoms with Gasteiger partial charge in [-0.1, -0.05) is 26.3 Å². The Hall–Kier alpha value is -1.53. The summed E-state index contributed by atoms with van der Waals surface area (Å²) < 4.78 is 5.13. The fourth-order valence-corrected chi connectivity index (χ4v) is 7.69. The van der Waals surface area contributed by atoms with Crippen LogP contribution in [0.3, 0.4) is 0 Å². The third-order valence-corrected chi connectivity index (χ3v) is 9.33. The third-order valence-electron chi connectivity index (χ3n) is 9.33. The second-order valence-electron chi connectivity index (χ2n) is 10.8. The zero-order valence-corrected chi connectivity index (χ0v) is 19.0. The number of aliphatic hydroxyl groups excluding tert-OH is 1. The van der Waals surface area contributed by atoms with Crippen molar-refractivity contribution in [3.8, 4) is 0 Å². The summed E-state index contributed by atoms with van der Waals surface area (Å²) in [6, 6.07) is 0. The van der Waals surface area contributed by atoms with Gasteiger partial charge in [-0.2, -0.15) is 0 Å². The van der Waals surface area contributed by atoms with Crippen LogP contribution in [-0.4, -0.2) is 46.1 Å². The van der Waals surface area contributed by atoms with E-state index in [4.69, 9.17) is 4.74 Å². The van der Waals surface area contributed by atoms with Crippen LogP contribution >= 0.6 is 0 Å². The Kier molecular flexibility index (Phi) is 5.70. The second-order valence-corrected chi connectivity index (χ2v) is 10.8. The molecule has 0 aromatic rings. The average Bonchev–Trinajstić information content (AvgIpc) is 2.98. The normalized spacial score (nSPS) is 44.0. The van der Waals surface area contributed by atoms with Gasteiger partial charge in [0, 0.05) is 18.3 Å². The smallest absolute Gasteiger partial charge is 0.306 e. The van der Waals surface area contributed by atoms with Crippen molar-refractivity contribution in [3.63, 3.8) is 0 Å². The monoisotopic (exact) mass is 432 g/mol. The van der Waals surface area contributed by atoms with Gasteiger partial charge in [-0.15, -0.1) is 0 Å². The number of fused-ring (bicyclic) bond motifs is 5. The van der Waals surface area contributed by atoms with E-state index in [0.717, 1.165) is 25.7 Å². The summed E-state index contributed by atoms with van der Waals surface area (Å²) in [6.45, 7) is 5.59. The molecule has 4 rings (SSSR count).